The van der Waals surface area contributed by atoms with Gasteiger partial charge in [0.15, 0.2) is 0 Å². The van der Waals surface area contributed by atoms with Gasteiger partial charge in [0.25, 0.3) is 0 Å². The van der Waals surface area contributed by atoms with E-state index in [1.54, 1.807) is 36.4 Å². The van der Waals surface area contributed by atoms with E-state index in [0.29, 0.717) is 16.7 Å². The maximum atomic E-state index is 11.7. The van der Waals surface area contributed by atoms with Crippen LogP contribution in [0.5, 0.6) is 0 Å². The Morgan fingerprint density at radius 3 is 1.95 bits per heavy atom. The van der Waals surface area contributed by atoms with Crippen molar-refractivity contribution in [3.8, 4) is 11.1 Å². The predicted octanol–water partition coefficient (Wildman–Crippen LogP) is 4.04. The van der Waals surface area contributed by atoms with Crippen LogP contribution in [0.4, 0.5) is 0 Å². The van der Waals surface area contributed by atoms with Crippen molar-refractivity contribution in [2.75, 3.05) is 0 Å². The lowest BCUT2D eigenvalue weighted by atomic mass is 9.88. The molecule has 2 rings (SSSR count). The Morgan fingerprint density at radius 2 is 1.50 bits per heavy atom. The molecule has 0 aromatic heterocycles. The molecule has 0 saturated heterocycles. The highest BCUT2D eigenvalue weighted by Gasteiger charge is 2.25. The second kappa shape index (κ2) is 6.10. The standard InChI is InChI=1S/C18H14O4/c1-3-11-10-14(12-8-6-5-7-9-12)16(18(21)22)15(17(19)20)13(11)4-2/h3-10H,1-2H2,(H,19,20)(H,21,22). The average Bonchev–Trinajstić information content (AvgIpc) is 2.53. The van der Waals surface area contributed by atoms with Crippen molar-refractivity contribution >= 4 is 24.1 Å². The van der Waals surface area contributed by atoms with Gasteiger partial charge in [-0.3, -0.25) is 0 Å². The van der Waals surface area contributed by atoms with E-state index in [1.165, 1.54) is 12.2 Å². The van der Waals surface area contributed by atoms with Gasteiger partial charge in [0.2, 0.25) is 0 Å². The molecular formula is C18H14O4. The van der Waals surface area contributed by atoms with Crippen molar-refractivity contribution in [3.05, 3.63) is 71.8 Å². The Hall–Kier alpha value is -3.14. The summed E-state index contributed by atoms with van der Waals surface area (Å²) in [7, 11) is 0. The summed E-state index contributed by atoms with van der Waals surface area (Å²) in [5.41, 5.74) is 1.21. The molecule has 0 atom stereocenters. The Balaban J connectivity index is 2.98. The van der Waals surface area contributed by atoms with Crippen molar-refractivity contribution in [2.24, 2.45) is 0 Å². The molecule has 0 heterocycles. The van der Waals surface area contributed by atoms with Gasteiger partial charge >= 0.3 is 11.9 Å². The maximum Gasteiger partial charge on any atom is 0.337 e. The minimum Gasteiger partial charge on any atom is -0.478 e. The molecule has 0 spiro atoms. The van der Waals surface area contributed by atoms with Crippen LogP contribution in [0, 0.1) is 0 Å². The molecule has 4 nitrogen and oxygen atoms in total. The zero-order valence-electron chi connectivity index (χ0n) is 11.7. The number of hydrogen-bond acceptors (Lipinski definition) is 2. The van der Waals surface area contributed by atoms with Crippen LogP contribution < -0.4 is 0 Å². The molecule has 0 radical (unpaired) electrons. The molecule has 0 bridgehead atoms. The van der Waals surface area contributed by atoms with Gasteiger partial charge in [-0.25, -0.2) is 9.59 Å². The summed E-state index contributed by atoms with van der Waals surface area (Å²) in [5.74, 6) is -2.61. The third-order valence-corrected chi connectivity index (χ3v) is 3.34. The van der Waals surface area contributed by atoms with Gasteiger partial charge in [-0.15, -0.1) is 0 Å². The topological polar surface area (TPSA) is 74.6 Å². The number of rotatable bonds is 5. The lowest BCUT2D eigenvalue weighted by Crippen LogP contribution is -2.13. The fraction of sp³-hybridized carbons (Fsp3) is 0. The smallest absolute Gasteiger partial charge is 0.337 e. The largest absolute Gasteiger partial charge is 0.478 e. The van der Waals surface area contributed by atoms with E-state index in [-0.39, 0.29) is 16.7 Å². The molecule has 2 aromatic carbocycles. The van der Waals surface area contributed by atoms with Crippen molar-refractivity contribution in [1.82, 2.24) is 0 Å². The first-order valence-electron chi connectivity index (χ1n) is 6.49. The number of carbonyl (C=O) groups is 2. The summed E-state index contributed by atoms with van der Waals surface area (Å²) >= 11 is 0. The van der Waals surface area contributed by atoms with E-state index in [2.05, 4.69) is 13.2 Å². The number of carboxylic acids is 2. The SMILES string of the molecule is C=Cc1cc(-c2ccccc2)c(C(=O)O)c(C(=O)O)c1C=C. The van der Waals surface area contributed by atoms with Crippen LogP contribution in [0.1, 0.15) is 31.8 Å². The summed E-state index contributed by atoms with van der Waals surface area (Å²) in [4.78, 5) is 23.3. The van der Waals surface area contributed by atoms with Crippen LogP contribution >= 0.6 is 0 Å². The first-order valence-corrected chi connectivity index (χ1v) is 6.49. The Morgan fingerprint density at radius 1 is 0.909 bits per heavy atom. The number of aromatic carboxylic acids is 2. The van der Waals surface area contributed by atoms with Crippen molar-refractivity contribution in [2.45, 2.75) is 0 Å². The molecule has 0 aliphatic heterocycles. The van der Waals surface area contributed by atoms with Gasteiger partial charge in [0, 0.05) is 0 Å². The summed E-state index contributed by atoms with van der Waals surface area (Å²) in [6.07, 6.45) is 2.82. The molecule has 4 heteroatoms. The van der Waals surface area contributed by atoms with E-state index < -0.39 is 11.9 Å². The van der Waals surface area contributed by atoms with E-state index >= 15 is 0 Å². The molecule has 22 heavy (non-hydrogen) atoms. The number of carboxylic acid groups (broad SMARTS) is 2. The first kappa shape index (κ1) is 15.3. The molecule has 110 valence electrons. The van der Waals surface area contributed by atoms with Gasteiger partial charge < -0.3 is 10.2 Å². The molecule has 0 fully saturated rings. The fourth-order valence-electron chi connectivity index (χ4n) is 2.40. The lowest BCUT2D eigenvalue weighted by Gasteiger charge is -2.15. The normalized spacial score (nSPS) is 10.0. The quantitative estimate of drug-likeness (QED) is 0.872. The van der Waals surface area contributed by atoms with Gasteiger partial charge in [0.05, 0.1) is 11.1 Å². The molecule has 0 unspecified atom stereocenters. The van der Waals surface area contributed by atoms with E-state index in [1.807, 2.05) is 0 Å². The van der Waals surface area contributed by atoms with Crippen LogP contribution in [0.15, 0.2) is 49.6 Å². The van der Waals surface area contributed by atoms with Crippen LogP contribution in [0.2, 0.25) is 0 Å². The average molecular weight is 294 g/mol. The Bertz CT molecular complexity index is 773. The van der Waals surface area contributed by atoms with E-state index in [0.717, 1.165) is 0 Å². The predicted molar refractivity (Wildman–Crippen MR) is 86.0 cm³/mol. The Labute approximate surface area is 127 Å². The highest BCUT2D eigenvalue weighted by Crippen LogP contribution is 2.32. The lowest BCUT2D eigenvalue weighted by molar-refractivity contribution is 0.0652. The number of hydrogen-bond donors (Lipinski definition) is 2. The highest BCUT2D eigenvalue weighted by molar-refractivity contribution is 6.09. The van der Waals surface area contributed by atoms with Crippen LogP contribution in [0.25, 0.3) is 23.3 Å². The van der Waals surface area contributed by atoms with Gasteiger partial charge in [-0.05, 0) is 28.3 Å². The summed E-state index contributed by atoms with van der Waals surface area (Å²) < 4.78 is 0. The molecule has 2 N–H and O–H groups in total. The van der Waals surface area contributed by atoms with Crippen molar-refractivity contribution in [3.63, 3.8) is 0 Å². The molecule has 2 aromatic rings. The molecule has 0 aliphatic rings. The zero-order valence-corrected chi connectivity index (χ0v) is 11.7. The van der Waals surface area contributed by atoms with Crippen molar-refractivity contribution in [1.29, 1.82) is 0 Å². The third-order valence-electron chi connectivity index (χ3n) is 3.34. The van der Waals surface area contributed by atoms with Crippen LogP contribution in [0.3, 0.4) is 0 Å². The van der Waals surface area contributed by atoms with Gasteiger partial charge in [0.1, 0.15) is 0 Å². The van der Waals surface area contributed by atoms with Gasteiger partial charge in [-0.2, -0.15) is 0 Å². The van der Waals surface area contributed by atoms with Crippen LogP contribution in [-0.2, 0) is 0 Å². The highest BCUT2D eigenvalue weighted by atomic mass is 16.4. The zero-order chi connectivity index (χ0) is 16.3. The summed E-state index contributed by atoms with van der Waals surface area (Å²) in [6, 6.07) is 10.4. The van der Waals surface area contributed by atoms with Crippen molar-refractivity contribution < 1.29 is 19.8 Å². The Kier molecular flexibility index (Phi) is 4.23. The molecule has 0 amide bonds. The minimum atomic E-state index is -1.31. The molecule has 0 aliphatic carbocycles. The first-order chi connectivity index (χ1) is 10.5. The van der Waals surface area contributed by atoms with Crippen LogP contribution in [-0.4, -0.2) is 22.2 Å². The number of benzene rings is 2. The summed E-state index contributed by atoms with van der Waals surface area (Å²) in [5, 5.41) is 19.0. The maximum absolute atomic E-state index is 11.7. The molecule has 0 saturated carbocycles. The molecular weight excluding hydrogens is 280 g/mol. The fourth-order valence-corrected chi connectivity index (χ4v) is 2.40. The monoisotopic (exact) mass is 294 g/mol. The minimum absolute atomic E-state index is 0.250. The third kappa shape index (κ3) is 2.54. The van der Waals surface area contributed by atoms with Gasteiger partial charge in [-0.1, -0.05) is 55.6 Å². The summed E-state index contributed by atoms with van der Waals surface area (Å²) in [6.45, 7) is 7.24. The van der Waals surface area contributed by atoms with E-state index in [9.17, 15) is 19.8 Å². The second-order valence-electron chi connectivity index (χ2n) is 4.56. The van der Waals surface area contributed by atoms with E-state index in [4.69, 9.17) is 0 Å². The second-order valence-corrected chi connectivity index (χ2v) is 4.56.